The van der Waals surface area contributed by atoms with E-state index in [0.717, 1.165) is 12.1 Å². The second-order valence-corrected chi connectivity index (χ2v) is 9.27. The van der Waals surface area contributed by atoms with Crippen LogP contribution in [0, 0.1) is 5.92 Å². The van der Waals surface area contributed by atoms with Crippen LogP contribution in [0.4, 0.5) is 43.9 Å². The van der Waals surface area contributed by atoms with Crippen LogP contribution in [0.15, 0.2) is 40.9 Å². The fourth-order valence-electron chi connectivity index (χ4n) is 3.05. The molecular formula is C22H13BrCl2F10O. The van der Waals surface area contributed by atoms with E-state index in [1.54, 1.807) is 0 Å². The van der Waals surface area contributed by atoms with Crippen LogP contribution >= 0.6 is 39.1 Å². The van der Waals surface area contributed by atoms with E-state index in [1.807, 2.05) is 0 Å². The lowest BCUT2D eigenvalue weighted by Gasteiger charge is -2.19. The Morgan fingerprint density at radius 3 is 1.92 bits per heavy atom. The Balaban J connectivity index is 2.57. The minimum atomic E-state index is -5.32. The summed E-state index contributed by atoms with van der Waals surface area (Å²) in [5, 5.41) is -0.480. The van der Waals surface area contributed by atoms with Crippen LogP contribution in [0.3, 0.4) is 0 Å². The van der Waals surface area contributed by atoms with Gasteiger partial charge in [0, 0.05) is 17.5 Å². The molecule has 2 atom stereocenters. The van der Waals surface area contributed by atoms with Crippen molar-refractivity contribution in [2.45, 2.75) is 37.8 Å². The summed E-state index contributed by atoms with van der Waals surface area (Å²) in [6, 6.07) is 2.73. The highest BCUT2D eigenvalue weighted by Gasteiger charge is 2.42. The number of allylic oxidation sites excluding steroid dienone is 1. The van der Waals surface area contributed by atoms with Gasteiger partial charge in [-0.15, -0.1) is 0 Å². The minimum absolute atomic E-state index is 0.00138. The van der Waals surface area contributed by atoms with E-state index >= 15 is 0 Å². The topological polar surface area (TPSA) is 17.1 Å². The maximum Gasteiger partial charge on any atom is 0.417 e. The zero-order valence-corrected chi connectivity index (χ0v) is 20.7. The molecule has 0 aliphatic carbocycles. The van der Waals surface area contributed by atoms with Crippen molar-refractivity contribution in [1.29, 1.82) is 0 Å². The van der Waals surface area contributed by atoms with Gasteiger partial charge in [-0.25, -0.2) is 4.39 Å². The van der Waals surface area contributed by atoms with Crippen molar-refractivity contribution >= 4 is 50.7 Å². The monoisotopic (exact) mass is 632 g/mol. The third-order valence-electron chi connectivity index (χ3n) is 4.98. The molecule has 0 aromatic heterocycles. The van der Waals surface area contributed by atoms with Crippen molar-refractivity contribution in [3.8, 4) is 0 Å². The van der Waals surface area contributed by atoms with Crippen molar-refractivity contribution in [3.63, 3.8) is 0 Å². The standard InChI is InChI=1S/C22H13BrCl2F10O/c1-9(20(27,28)29)4-18(36)12-3-2-10(5-14(12)22(33,34)35)17(26)8-13(21(30,31)32)11-6-15(24)19(23)16(25)7-11/h2-3,5-9,13H,4H2,1H3/b17-8-. The maximum absolute atomic E-state index is 14.8. The van der Waals surface area contributed by atoms with Crippen molar-refractivity contribution in [2.24, 2.45) is 5.92 Å². The number of benzene rings is 2. The predicted octanol–water partition coefficient (Wildman–Crippen LogP) is 10.2. The van der Waals surface area contributed by atoms with Gasteiger partial charge in [0.1, 0.15) is 11.7 Å². The molecule has 0 aliphatic rings. The van der Waals surface area contributed by atoms with Gasteiger partial charge in [-0.1, -0.05) is 42.3 Å². The van der Waals surface area contributed by atoms with Crippen molar-refractivity contribution in [1.82, 2.24) is 0 Å². The maximum atomic E-state index is 14.8. The summed E-state index contributed by atoms with van der Waals surface area (Å²) in [5.41, 5.74) is -4.55. The molecule has 0 bridgehead atoms. The highest BCUT2D eigenvalue weighted by atomic mass is 79.9. The Morgan fingerprint density at radius 1 is 0.944 bits per heavy atom. The molecule has 0 heterocycles. The lowest BCUT2D eigenvalue weighted by Crippen LogP contribution is -2.24. The molecule has 0 saturated heterocycles. The van der Waals surface area contributed by atoms with Gasteiger partial charge < -0.3 is 0 Å². The third kappa shape index (κ3) is 7.38. The van der Waals surface area contributed by atoms with Gasteiger partial charge in [0.05, 0.1) is 26.0 Å². The molecule has 2 aromatic carbocycles. The number of hydrogen-bond donors (Lipinski definition) is 0. The fourth-order valence-corrected chi connectivity index (χ4v) is 3.78. The zero-order valence-electron chi connectivity index (χ0n) is 17.6. The van der Waals surface area contributed by atoms with E-state index in [-0.39, 0.29) is 26.7 Å². The molecule has 14 heteroatoms. The predicted molar refractivity (Wildman–Crippen MR) is 118 cm³/mol. The first-order valence-electron chi connectivity index (χ1n) is 9.63. The SMILES string of the molecule is CC(CC(=O)c1ccc(/C(F)=C/C(c2cc(Cl)c(Br)c(Cl)c2)C(F)(F)F)cc1C(F)(F)F)C(F)(F)F. The molecule has 1 nitrogen and oxygen atoms in total. The van der Waals surface area contributed by atoms with Gasteiger partial charge in [-0.05, 0) is 45.8 Å². The number of ketones is 1. The summed E-state index contributed by atoms with van der Waals surface area (Å²) in [7, 11) is 0. The molecule has 2 aromatic rings. The van der Waals surface area contributed by atoms with Crippen molar-refractivity contribution in [2.75, 3.05) is 0 Å². The molecule has 0 N–H and O–H groups in total. The highest BCUT2D eigenvalue weighted by Crippen LogP contribution is 2.43. The van der Waals surface area contributed by atoms with E-state index < -0.39 is 70.6 Å². The molecule has 0 saturated carbocycles. The summed E-state index contributed by atoms with van der Waals surface area (Å²) < 4.78 is 135. The first-order chi connectivity index (χ1) is 16.2. The van der Waals surface area contributed by atoms with Gasteiger partial charge in [-0.2, -0.15) is 39.5 Å². The van der Waals surface area contributed by atoms with E-state index in [4.69, 9.17) is 23.2 Å². The fraction of sp³-hybridized carbons (Fsp3) is 0.318. The summed E-state index contributed by atoms with van der Waals surface area (Å²) >= 11 is 14.6. The van der Waals surface area contributed by atoms with Gasteiger partial charge in [0.2, 0.25) is 0 Å². The second-order valence-electron chi connectivity index (χ2n) is 7.66. The molecule has 0 fully saturated rings. The van der Waals surface area contributed by atoms with Crippen molar-refractivity contribution in [3.05, 3.63) is 73.2 Å². The molecule has 0 amide bonds. The van der Waals surface area contributed by atoms with E-state index in [2.05, 4.69) is 15.9 Å². The molecule has 2 unspecified atom stereocenters. The van der Waals surface area contributed by atoms with Crippen molar-refractivity contribution < 1.29 is 48.7 Å². The molecule has 198 valence electrons. The number of halogens is 13. The Morgan fingerprint density at radius 2 is 1.47 bits per heavy atom. The Kier molecular flexibility index (Phi) is 9.22. The van der Waals surface area contributed by atoms with Gasteiger partial charge >= 0.3 is 18.5 Å². The Hall–Kier alpha value is -1.79. The van der Waals surface area contributed by atoms with E-state index in [0.29, 0.717) is 19.1 Å². The van der Waals surface area contributed by atoms with Crippen LogP contribution in [-0.2, 0) is 6.18 Å². The van der Waals surface area contributed by atoms with Gasteiger partial charge in [0.25, 0.3) is 0 Å². The average molecular weight is 634 g/mol. The Labute approximate surface area is 216 Å². The number of carbonyl (C=O) groups excluding carboxylic acids is 1. The highest BCUT2D eigenvalue weighted by molar-refractivity contribution is 9.10. The van der Waals surface area contributed by atoms with Crippen LogP contribution in [-0.4, -0.2) is 18.1 Å². The average Bonchev–Trinajstić information content (AvgIpc) is 2.72. The zero-order chi connectivity index (χ0) is 27.8. The van der Waals surface area contributed by atoms with Gasteiger partial charge in [-0.3, -0.25) is 4.79 Å². The largest absolute Gasteiger partial charge is 0.417 e. The number of hydrogen-bond acceptors (Lipinski definition) is 1. The molecule has 0 aliphatic heterocycles. The van der Waals surface area contributed by atoms with Crippen LogP contribution in [0.2, 0.25) is 10.0 Å². The van der Waals surface area contributed by atoms with Crippen LogP contribution in [0.5, 0.6) is 0 Å². The summed E-state index contributed by atoms with van der Waals surface area (Å²) in [6.07, 6.45) is -16.6. The smallest absolute Gasteiger partial charge is 0.294 e. The first kappa shape index (κ1) is 30.4. The van der Waals surface area contributed by atoms with E-state index in [9.17, 15) is 48.7 Å². The quantitative estimate of drug-likeness (QED) is 0.176. The molecule has 0 radical (unpaired) electrons. The molecule has 2 rings (SSSR count). The Bertz CT molecular complexity index is 1150. The van der Waals surface area contributed by atoms with E-state index in [1.165, 1.54) is 0 Å². The summed E-state index contributed by atoms with van der Waals surface area (Å²) in [4.78, 5) is 12.2. The van der Waals surface area contributed by atoms with Gasteiger partial charge in [0.15, 0.2) is 5.78 Å². The number of Topliss-reactive ketones (excluding diaryl/α,β-unsaturated/α-hetero) is 1. The lowest BCUT2D eigenvalue weighted by molar-refractivity contribution is -0.168. The normalized spacial score (nSPS) is 15.1. The number of carbonyl (C=O) groups is 1. The van der Waals surface area contributed by atoms with Crippen LogP contribution in [0.1, 0.15) is 46.3 Å². The lowest BCUT2D eigenvalue weighted by atomic mass is 9.93. The number of alkyl halides is 9. The molecule has 36 heavy (non-hydrogen) atoms. The summed E-state index contributed by atoms with van der Waals surface area (Å²) in [6.45, 7) is 0.597. The first-order valence-corrected chi connectivity index (χ1v) is 11.2. The molecular weight excluding hydrogens is 621 g/mol. The third-order valence-corrected chi connectivity index (χ3v) is 6.89. The number of rotatable bonds is 6. The summed E-state index contributed by atoms with van der Waals surface area (Å²) in [5.74, 6) is -8.19. The van der Waals surface area contributed by atoms with Crippen LogP contribution in [0.25, 0.3) is 5.83 Å². The minimum Gasteiger partial charge on any atom is -0.294 e. The molecule has 0 spiro atoms. The second kappa shape index (κ2) is 10.9. The van der Waals surface area contributed by atoms with Crippen LogP contribution < -0.4 is 0 Å².